The predicted molar refractivity (Wildman–Crippen MR) is 127 cm³/mol. The van der Waals surface area contributed by atoms with Crippen LogP contribution in [0.4, 0.5) is 0 Å². The number of amides is 1. The van der Waals surface area contributed by atoms with Gasteiger partial charge >= 0.3 is 0 Å². The summed E-state index contributed by atoms with van der Waals surface area (Å²) >= 11 is 3.45. The van der Waals surface area contributed by atoms with Crippen molar-refractivity contribution in [2.75, 3.05) is 0 Å². The van der Waals surface area contributed by atoms with Crippen LogP contribution in [-0.4, -0.2) is 20.9 Å². The maximum Gasteiger partial charge on any atom is 0.255 e. The number of hydrogen-bond donors (Lipinski definition) is 2. The van der Waals surface area contributed by atoms with Crippen LogP contribution in [0, 0.1) is 6.92 Å². The lowest BCUT2D eigenvalue weighted by atomic mass is 9.98. The first-order chi connectivity index (χ1) is 15.5. The third kappa shape index (κ3) is 5.00. The molecule has 7 heteroatoms. The molecule has 0 saturated carbocycles. The molecule has 0 saturated heterocycles. The van der Waals surface area contributed by atoms with Gasteiger partial charge in [-0.1, -0.05) is 58.4 Å². The first kappa shape index (κ1) is 21.6. The summed E-state index contributed by atoms with van der Waals surface area (Å²) in [6, 6.07) is 20.8. The Kier molecular flexibility index (Phi) is 6.56. The minimum Gasteiger partial charge on any atom is -0.345 e. The van der Waals surface area contributed by atoms with Gasteiger partial charge in [-0.2, -0.15) is 0 Å². The van der Waals surface area contributed by atoms with Crippen molar-refractivity contribution in [1.82, 2.24) is 20.3 Å². The van der Waals surface area contributed by atoms with Gasteiger partial charge in [-0.25, -0.2) is 4.98 Å². The van der Waals surface area contributed by atoms with E-state index in [1.54, 1.807) is 25.4 Å². The summed E-state index contributed by atoms with van der Waals surface area (Å²) in [5, 5.41) is 3.07. The Hall–Kier alpha value is -3.58. The van der Waals surface area contributed by atoms with Crippen LogP contribution in [-0.2, 0) is 11.2 Å². The third-order valence-electron chi connectivity index (χ3n) is 5.14. The average Bonchev–Trinajstić information content (AvgIpc) is 2.81. The van der Waals surface area contributed by atoms with Crippen LogP contribution < -0.4 is 10.9 Å². The zero-order valence-electron chi connectivity index (χ0n) is 17.4. The molecule has 2 aromatic carbocycles. The van der Waals surface area contributed by atoms with E-state index in [-0.39, 0.29) is 23.9 Å². The smallest absolute Gasteiger partial charge is 0.255 e. The van der Waals surface area contributed by atoms with Crippen LogP contribution in [0.3, 0.4) is 0 Å². The minimum absolute atomic E-state index is 0.0681. The molecular weight excluding hydrogens is 468 g/mol. The number of rotatable bonds is 6. The van der Waals surface area contributed by atoms with Gasteiger partial charge in [0.15, 0.2) is 0 Å². The summed E-state index contributed by atoms with van der Waals surface area (Å²) in [5.41, 5.74) is 3.15. The van der Waals surface area contributed by atoms with Crippen molar-refractivity contribution in [2.24, 2.45) is 0 Å². The Morgan fingerprint density at radius 1 is 1.03 bits per heavy atom. The number of carbonyl (C=O) groups is 1. The molecule has 4 rings (SSSR count). The van der Waals surface area contributed by atoms with Crippen LogP contribution in [0.15, 0.2) is 88.4 Å². The van der Waals surface area contributed by atoms with Crippen LogP contribution in [0.5, 0.6) is 0 Å². The van der Waals surface area contributed by atoms with Gasteiger partial charge in [0.1, 0.15) is 5.82 Å². The second kappa shape index (κ2) is 9.70. The first-order valence-corrected chi connectivity index (χ1v) is 10.9. The van der Waals surface area contributed by atoms with E-state index in [0.717, 1.165) is 15.6 Å². The maximum absolute atomic E-state index is 13.0. The van der Waals surface area contributed by atoms with Crippen molar-refractivity contribution in [3.63, 3.8) is 0 Å². The largest absolute Gasteiger partial charge is 0.345 e. The van der Waals surface area contributed by atoms with E-state index in [4.69, 9.17) is 0 Å². The molecule has 32 heavy (non-hydrogen) atoms. The first-order valence-electron chi connectivity index (χ1n) is 10.1. The monoisotopic (exact) mass is 488 g/mol. The number of aromatic amines is 1. The summed E-state index contributed by atoms with van der Waals surface area (Å²) < 4.78 is 0.960. The van der Waals surface area contributed by atoms with Gasteiger partial charge in [0.25, 0.3) is 5.56 Å². The van der Waals surface area contributed by atoms with Gasteiger partial charge in [-0.3, -0.25) is 14.6 Å². The van der Waals surface area contributed by atoms with Crippen molar-refractivity contribution < 1.29 is 4.79 Å². The number of hydrogen-bond acceptors (Lipinski definition) is 4. The van der Waals surface area contributed by atoms with Gasteiger partial charge in [-0.15, -0.1) is 0 Å². The lowest BCUT2D eigenvalue weighted by Gasteiger charge is -2.20. The number of H-pyrrole nitrogens is 1. The van der Waals surface area contributed by atoms with Crippen molar-refractivity contribution in [1.29, 1.82) is 0 Å². The molecule has 0 aliphatic carbocycles. The number of pyridine rings is 1. The van der Waals surface area contributed by atoms with E-state index in [1.165, 1.54) is 0 Å². The summed E-state index contributed by atoms with van der Waals surface area (Å²) in [6.07, 6.45) is 3.22. The van der Waals surface area contributed by atoms with Crippen LogP contribution in [0.2, 0.25) is 0 Å². The molecular formula is C25H21BrN4O2. The number of benzene rings is 2. The van der Waals surface area contributed by atoms with Gasteiger partial charge in [0, 0.05) is 33.7 Å². The van der Waals surface area contributed by atoms with Crippen molar-refractivity contribution in [2.45, 2.75) is 19.4 Å². The standard InChI is InChI=1S/C25H21BrN4O2/c1-16-21(25(32)30-24(28-16)19-8-5-13-27-15-19)14-22(31)29-23(17-6-3-2-4-7-17)18-9-11-20(26)12-10-18/h2-13,15,23H,14H2,1H3,(H,29,31)(H,28,30,32). The fraction of sp³-hybridized carbons (Fsp3) is 0.120. The van der Waals surface area contributed by atoms with Crippen LogP contribution in [0.25, 0.3) is 11.4 Å². The number of aryl methyl sites for hydroxylation is 1. The lowest BCUT2D eigenvalue weighted by Crippen LogP contribution is -2.33. The predicted octanol–water partition coefficient (Wildman–Crippen LogP) is 4.35. The molecule has 0 fully saturated rings. The average molecular weight is 489 g/mol. The topological polar surface area (TPSA) is 87.7 Å². The van der Waals surface area contributed by atoms with Gasteiger partial charge in [0.05, 0.1) is 12.5 Å². The highest BCUT2D eigenvalue weighted by Gasteiger charge is 2.19. The second-order valence-electron chi connectivity index (χ2n) is 7.36. The molecule has 2 aromatic heterocycles. The molecule has 0 spiro atoms. The minimum atomic E-state index is -0.334. The van der Waals surface area contributed by atoms with Crippen LogP contribution in [0.1, 0.15) is 28.4 Å². The van der Waals surface area contributed by atoms with Crippen LogP contribution >= 0.6 is 15.9 Å². The normalized spacial score (nSPS) is 11.7. The highest BCUT2D eigenvalue weighted by molar-refractivity contribution is 9.10. The number of halogens is 1. The van der Waals surface area contributed by atoms with E-state index in [2.05, 4.69) is 36.2 Å². The fourth-order valence-electron chi connectivity index (χ4n) is 3.49. The third-order valence-corrected chi connectivity index (χ3v) is 5.66. The Morgan fingerprint density at radius 3 is 2.41 bits per heavy atom. The SMILES string of the molecule is Cc1nc(-c2cccnc2)[nH]c(=O)c1CC(=O)NC(c1ccccc1)c1ccc(Br)cc1. The molecule has 4 aromatic rings. The second-order valence-corrected chi connectivity index (χ2v) is 8.28. The Labute approximate surface area is 193 Å². The lowest BCUT2D eigenvalue weighted by molar-refractivity contribution is -0.121. The zero-order chi connectivity index (χ0) is 22.5. The summed E-state index contributed by atoms with van der Waals surface area (Å²) in [4.78, 5) is 37.0. The zero-order valence-corrected chi connectivity index (χ0v) is 19.0. The highest BCUT2D eigenvalue weighted by atomic mass is 79.9. The number of carbonyl (C=O) groups excluding carboxylic acids is 1. The quantitative estimate of drug-likeness (QED) is 0.422. The van der Waals surface area contributed by atoms with Crippen molar-refractivity contribution in [3.8, 4) is 11.4 Å². The molecule has 0 radical (unpaired) electrons. The Bertz CT molecular complexity index is 1270. The molecule has 0 aliphatic rings. The summed E-state index contributed by atoms with van der Waals surface area (Å²) in [6.45, 7) is 1.74. The molecule has 2 heterocycles. The van der Waals surface area contributed by atoms with Crippen molar-refractivity contribution >= 4 is 21.8 Å². The molecule has 1 unspecified atom stereocenters. The van der Waals surface area contributed by atoms with Crippen molar-refractivity contribution in [3.05, 3.63) is 116 Å². The number of nitrogens with one attached hydrogen (secondary N) is 2. The molecule has 1 amide bonds. The van der Waals surface area contributed by atoms with E-state index >= 15 is 0 Å². The van der Waals surface area contributed by atoms with E-state index in [1.807, 2.05) is 60.7 Å². The highest BCUT2D eigenvalue weighted by Crippen LogP contribution is 2.24. The van der Waals surface area contributed by atoms with Gasteiger partial charge in [-0.05, 0) is 42.3 Å². The number of nitrogens with zero attached hydrogens (tertiary/aromatic N) is 2. The summed E-state index contributed by atoms with van der Waals surface area (Å²) in [5.74, 6) is 0.174. The molecule has 2 N–H and O–H groups in total. The van der Waals surface area contributed by atoms with E-state index in [9.17, 15) is 9.59 Å². The Morgan fingerprint density at radius 2 is 1.75 bits per heavy atom. The van der Waals surface area contributed by atoms with Gasteiger partial charge in [0.2, 0.25) is 5.91 Å². The van der Waals surface area contributed by atoms with E-state index < -0.39 is 0 Å². The maximum atomic E-state index is 13.0. The molecule has 0 bridgehead atoms. The Balaban J connectivity index is 1.58. The summed E-state index contributed by atoms with van der Waals surface area (Å²) in [7, 11) is 0. The number of aromatic nitrogens is 3. The molecule has 1 atom stereocenters. The molecule has 6 nitrogen and oxygen atoms in total. The van der Waals surface area contributed by atoms with E-state index in [0.29, 0.717) is 22.6 Å². The molecule has 160 valence electrons. The van der Waals surface area contributed by atoms with Gasteiger partial charge < -0.3 is 10.3 Å². The fourth-order valence-corrected chi connectivity index (χ4v) is 3.75. The molecule has 0 aliphatic heterocycles.